The number of carbonyl (C=O) groups is 4. The molecule has 0 saturated heterocycles. The quantitative estimate of drug-likeness (QED) is 0.209. The molecule has 1 rings (SSSR count). The Labute approximate surface area is 184 Å². The summed E-state index contributed by atoms with van der Waals surface area (Å²) in [5.41, 5.74) is 5.22. The van der Waals surface area contributed by atoms with Crippen LogP contribution in [-0.4, -0.2) is 72.3 Å². The van der Waals surface area contributed by atoms with Gasteiger partial charge in [0.2, 0.25) is 11.8 Å². The van der Waals surface area contributed by atoms with Crippen molar-refractivity contribution in [3.8, 4) is 5.75 Å². The van der Waals surface area contributed by atoms with Gasteiger partial charge in [0.25, 0.3) is 5.91 Å². The number of primary amides is 1. The molecule has 7 N–H and O–H groups in total. The van der Waals surface area contributed by atoms with Crippen molar-refractivity contribution in [2.45, 2.75) is 38.0 Å². The van der Waals surface area contributed by atoms with Crippen LogP contribution in [0.5, 0.6) is 5.75 Å². The summed E-state index contributed by atoms with van der Waals surface area (Å²) < 4.78 is 5.55. The van der Waals surface area contributed by atoms with Gasteiger partial charge in [0, 0.05) is 18.0 Å². The first kappa shape index (κ1) is 26.1. The van der Waals surface area contributed by atoms with Crippen LogP contribution >= 0.6 is 11.6 Å². The number of nitrogens with one attached hydrogen (secondary N) is 3. The lowest BCUT2D eigenvalue weighted by Gasteiger charge is -2.23. The molecule has 3 amide bonds. The van der Waals surface area contributed by atoms with E-state index >= 15 is 0 Å². The van der Waals surface area contributed by atoms with E-state index in [1.54, 1.807) is 7.05 Å². The van der Waals surface area contributed by atoms with Gasteiger partial charge in [-0.25, -0.2) is 4.79 Å². The van der Waals surface area contributed by atoms with Gasteiger partial charge >= 0.3 is 5.97 Å². The van der Waals surface area contributed by atoms with E-state index in [2.05, 4.69) is 16.0 Å². The fraction of sp³-hybridized carbons (Fsp3) is 0.474. The predicted octanol–water partition coefficient (Wildman–Crippen LogP) is -0.748. The first-order valence-corrected chi connectivity index (χ1v) is 9.82. The number of rotatable bonds is 13. The zero-order valence-corrected chi connectivity index (χ0v) is 17.9. The molecule has 172 valence electrons. The molecule has 0 aliphatic heterocycles. The Morgan fingerprint density at radius 3 is 2.45 bits per heavy atom. The van der Waals surface area contributed by atoms with Gasteiger partial charge in [-0.15, -0.1) is 0 Å². The molecule has 0 saturated carbocycles. The first-order chi connectivity index (χ1) is 14.6. The van der Waals surface area contributed by atoms with Crippen molar-refractivity contribution < 1.29 is 34.1 Å². The summed E-state index contributed by atoms with van der Waals surface area (Å²) in [5.74, 6) is -3.58. The molecule has 1 aromatic rings. The second-order valence-corrected chi connectivity index (χ2v) is 7.13. The summed E-state index contributed by atoms with van der Waals surface area (Å²) in [6, 6.07) is 1.43. The van der Waals surface area contributed by atoms with Crippen LogP contribution in [0.2, 0.25) is 5.02 Å². The van der Waals surface area contributed by atoms with E-state index in [0.29, 0.717) is 11.6 Å². The molecular weight excluding hydrogens is 432 g/mol. The third kappa shape index (κ3) is 8.79. The Balaban J connectivity index is 3.06. The number of carboxylic acid groups (broad SMARTS) is 1. The van der Waals surface area contributed by atoms with E-state index in [-0.39, 0.29) is 30.8 Å². The van der Waals surface area contributed by atoms with Gasteiger partial charge in [0.05, 0.1) is 11.7 Å². The topological polar surface area (TPSA) is 180 Å². The van der Waals surface area contributed by atoms with Crippen LogP contribution in [0, 0.1) is 0 Å². The average molecular weight is 459 g/mol. The molecule has 31 heavy (non-hydrogen) atoms. The molecule has 0 fully saturated rings. The summed E-state index contributed by atoms with van der Waals surface area (Å²) in [4.78, 5) is 47.8. The van der Waals surface area contributed by atoms with Gasteiger partial charge in [-0.05, 0) is 38.6 Å². The van der Waals surface area contributed by atoms with Crippen molar-refractivity contribution in [1.82, 2.24) is 16.0 Å². The second kappa shape index (κ2) is 12.7. The van der Waals surface area contributed by atoms with Crippen LogP contribution in [0.15, 0.2) is 18.2 Å². The highest BCUT2D eigenvalue weighted by atomic mass is 35.5. The van der Waals surface area contributed by atoms with E-state index in [9.17, 15) is 24.3 Å². The summed E-state index contributed by atoms with van der Waals surface area (Å²) in [6.45, 7) is 1.95. The SMILES string of the molecule is CNCCOc1cc(Cl)ccc1C(=O)N[C@@H](CCC(N)=O)C(=O)N[C@H](C(=O)O)[C@@H](C)O. The van der Waals surface area contributed by atoms with E-state index in [1.165, 1.54) is 25.1 Å². The van der Waals surface area contributed by atoms with Gasteiger partial charge in [-0.3, -0.25) is 14.4 Å². The molecule has 12 heteroatoms. The lowest BCUT2D eigenvalue weighted by molar-refractivity contribution is -0.145. The number of aliphatic hydroxyl groups is 1. The number of aliphatic carboxylic acids is 1. The number of benzene rings is 1. The Hall–Kier alpha value is -2.89. The molecule has 11 nitrogen and oxygen atoms in total. The van der Waals surface area contributed by atoms with Crippen molar-refractivity contribution >= 4 is 35.3 Å². The molecule has 0 heterocycles. The lowest BCUT2D eigenvalue weighted by Crippen LogP contribution is -2.54. The third-order valence-electron chi connectivity index (χ3n) is 4.15. The molecule has 0 unspecified atom stereocenters. The minimum atomic E-state index is -1.60. The van der Waals surface area contributed by atoms with Crippen molar-refractivity contribution in [2.75, 3.05) is 20.2 Å². The van der Waals surface area contributed by atoms with Gasteiger partial charge in [-0.1, -0.05) is 11.6 Å². The highest BCUT2D eigenvalue weighted by Crippen LogP contribution is 2.23. The van der Waals surface area contributed by atoms with E-state index in [1.807, 2.05) is 0 Å². The maximum Gasteiger partial charge on any atom is 0.328 e. The predicted molar refractivity (Wildman–Crippen MR) is 112 cm³/mol. The van der Waals surface area contributed by atoms with Crippen LogP contribution in [0.3, 0.4) is 0 Å². The minimum absolute atomic E-state index is 0.0858. The van der Waals surface area contributed by atoms with Crippen molar-refractivity contribution in [3.63, 3.8) is 0 Å². The standard InChI is InChI=1S/C19H27ClN4O7/c1-10(25)16(19(29)30)24-18(28)13(5-6-15(21)26)23-17(27)12-4-3-11(20)9-14(12)31-8-7-22-2/h3-4,9-10,13,16,22,25H,5-8H2,1-2H3,(H2,21,26)(H,23,27)(H,24,28)(H,29,30)/t10-,13+,16+/m1/s1. The van der Waals surface area contributed by atoms with E-state index < -0.39 is 41.9 Å². The third-order valence-corrected chi connectivity index (χ3v) is 4.38. The number of carbonyl (C=O) groups excluding carboxylic acids is 3. The van der Waals surface area contributed by atoms with Crippen LogP contribution in [0.25, 0.3) is 0 Å². The summed E-state index contributed by atoms with van der Waals surface area (Å²) in [5, 5.41) is 26.5. The minimum Gasteiger partial charge on any atom is -0.491 e. The number of likely N-dealkylation sites (N-methyl/N-ethyl adjacent to an activating group) is 1. The number of amides is 3. The Bertz CT molecular complexity index is 803. The van der Waals surface area contributed by atoms with Crippen LogP contribution < -0.4 is 26.4 Å². The van der Waals surface area contributed by atoms with Crippen molar-refractivity contribution in [1.29, 1.82) is 0 Å². The molecule has 1 aromatic carbocycles. The number of ether oxygens (including phenoxy) is 1. The number of nitrogens with two attached hydrogens (primary N) is 1. The maximum atomic E-state index is 12.8. The zero-order chi connectivity index (χ0) is 23.6. The smallest absolute Gasteiger partial charge is 0.328 e. The summed E-state index contributed by atoms with van der Waals surface area (Å²) in [6.07, 6.45) is -1.81. The molecule has 0 bridgehead atoms. The Kier molecular flexibility index (Phi) is 10.7. The molecule has 3 atom stereocenters. The zero-order valence-electron chi connectivity index (χ0n) is 17.2. The van der Waals surface area contributed by atoms with Crippen molar-refractivity contribution in [2.24, 2.45) is 5.73 Å². The van der Waals surface area contributed by atoms with Gasteiger partial charge in [-0.2, -0.15) is 0 Å². The second-order valence-electron chi connectivity index (χ2n) is 6.69. The average Bonchev–Trinajstić information content (AvgIpc) is 2.68. The normalized spacial score (nSPS) is 13.5. The van der Waals surface area contributed by atoms with Gasteiger partial charge in [0.1, 0.15) is 18.4 Å². The number of hydrogen-bond donors (Lipinski definition) is 6. The molecular formula is C19H27ClN4O7. The molecule has 0 aromatic heterocycles. The monoisotopic (exact) mass is 458 g/mol. The number of aliphatic hydroxyl groups excluding tert-OH is 1. The van der Waals surface area contributed by atoms with Crippen LogP contribution in [-0.2, 0) is 14.4 Å². The fourth-order valence-corrected chi connectivity index (χ4v) is 2.66. The highest BCUT2D eigenvalue weighted by molar-refractivity contribution is 6.30. The summed E-state index contributed by atoms with van der Waals surface area (Å²) in [7, 11) is 1.73. The maximum absolute atomic E-state index is 12.8. The van der Waals surface area contributed by atoms with Gasteiger partial charge < -0.3 is 36.6 Å². The molecule has 0 spiro atoms. The largest absolute Gasteiger partial charge is 0.491 e. The molecule has 0 aliphatic rings. The lowest BCUT2D eigenvalue weighted by atomic mass is 10.1. The molecule has 0 aliphatic carbocycles. The highest BCUT2D eigenvalue weighted by Gasteiger charge is 2.30. The summed E-state index contributed by atoms with van der Waals surface area (Å²) >= 11 is 5.97. The molecule has 0 radical (unpaired) electrons. The van der Waals surface area contributed by atoms with Gasteiger partial charge in [0.15, 0.2) is 6.04 Å². The first-order valence-electron chi connectivity index (χ1n) is 9.44. The van der Waals surface area contributed by atoms with Crippen LogP contribution in [0.4, 0.5) is 0 Å². The Morgan fingerprint density at radius 2 is 1.90 bits per heavy atom. The van der Waals surface area contributed by atoms with Crippen molar-refractivity contribution in [3.05, 3.63) is 28.8 Å². The number of hydrogen-bond acceptors (Lipinski definition) is 7. The van der Waals surface area contributed by atoms with Crippen LogP contribution in [0.1, 0.15) is 30.1 Å². The fourth-order valence-electron chi connectivity index (χ4n) is 2.50. The number of halogens is 1. The van der Waals surface area contributed by atoms with E-state index in [4.69, 9.17) is 27.2 Å². The van der Waals surface area contributed by atoms with E-state index in [0.717, 1.165) is 0 Å². The number of carboxylic acids is 1. The Morgan fingerprint density at radius 1 is 1.23 bits per heavy atom.